The highest BCUT2D eigenvalue weighted by atomic mass is 16.4. The van der Waals surface area contributed by atoms with E-state index in [1.54, 1.807) is 6.07 Å². The zero-order valence-electron chi connectivity index (χ0n) is 8.07. The van der Waals surface area contributed by atoms with Crippen LogP contribution in [-0.4, -0.2) is 16.1 Å². The largest absolute Gasteiger partial charge is 0.477 e. The molecule has 0 saturated carbocycles. The van der Waals surface area contributed by atoms with Gasteiger partial charge in [-0.1, -0.05) is 12.1 Å². The minimum Gasteiger partial charge on any atom is -0.477 e. The fraction of sp³-hybridized carbons (Fsp3) is 0.0909. The van der Waals surface area contributed by atoms with Gasteiger partial charge < -0.3 is 10.1 Å². The number of carboxylic acids is 1. The lowest BCUT2D eigenvalue weighted by atomic mass is 10.1. The number of H-pyrrole nitrogens is 1. The number of carboxylic acid groups (broad SMARTS) is 1. The van der Waals surface area contributed by atoms with Crippen LogP contribution in [0.2, 0.25) is 0 Å². The lowest BCUT2D eigenvalue weighted by molar-refractivity contribution is 0.0695. The topological polar surface area (TPSA) is 70.2 Å². The van der Waals surface area contributed by atoms with Crippen molar-refractivity contribution in [2.24, 2.45) is 0 Å². The molecule has 76 valence electrons. The van der Waals surface area contributed by atoms with Gasteiger partial charge in [-0.3, -0.25) is 4.79 Å². The predicted molar refractivity (Wildman–Crippen MR) is 56.3 cm³/mol. The molecule has 0 amide bonds. The Morgan fingerprint density at radius 1 is 1.40 bits per heavy atom. The van der Waals surface area contributed by atoms with Gasteiger partial charge in [-0.2, -0.15) is 0 Å². The second-order valence-electron chi connectivity index (χ2n) is 3.35. The molecule has 4 nitrogen and oxygen atoms in total. The first-order valence-corrected chi connectivity index (χ1v) is 4.45. The molecule has 1 aromatic carbocycles. The van der Waals surface area contributed by atoms with Crippen molar-refractivity contribution >= 4 is 16.9 Å². The Balaban J connectivity index is 2.90. The number of hydrogen-bond donors (Lipinski definition) is 2. The van der Waals surface area contributed by atoms with Crippen LogP contribution < -0.4 is 5.56 Å². The van der Waals surface area contributed by atoms with E-state index in [2.05, 4.69) is 4.98 Å². The summed E-state index contributed by atoms with van der Waals surface area (Å²) in [5, 5.41) is 9.55. The minimum atomic E-state index is -1.21. The summed E-state index contributed by atoms with van der Waals surface area (Å²) in [5.74, 6) is -1.21. The number of benzene rings is 1. The number of carbonyl (C=O) groups is 1. The second kappa shape index (κ2) is 3.24. The van der Waals surface area contributed by atoms with Gasteiger partial charge in [-0.15, -0.1) is 0 Å². The van der Waals surface area contributed by atoms with Gasteiger partial charge in [-0.25, -0.2) is 4.79 Å². The van der Waals surface area contributed by atoms with Gasteiger partial charge >= 0.3 is 5.97 Å². The summed E-state index contributed by atoms with van der Waals surface area (Å²) in [7, 11) is 0. The Bertz CT molecular complexity index is 598. The SMILES string of the molecule is Cc1cccc2[nH]c(=O)c(C(=O)O)cc12. The van der Waals surface area contributed by atoms with Crippen molar-refractivity contribution in [2.45, 2.75) is 6.92 Å². The molecule has 0 saturated heterocycles. The summed E-state index contributed by atoms with van der Waals surface area (Å²) in [5.41, 5.74) is 0.800. The first-order chi connectivity index (χ1) is 7.09. The molecule has 1 aromatic heterocycles. The van der Waals surface area contributed by atoms with Crippen molar-refractivity contribution in [2.75, 3.05) is 0 Å². The third kappa shape index (κ3) is 1.50. The van der Waals surface area contributed by atoms with Crippen LogP contribution in [0.3, 0.4) is 0 Å². The van der Waals surface area contributed by atoms with E-state index in [0.717, 1.165) is 10.9 Å². The van der Waals surface area contributed by atoms with Crippen LogP contribution in [0.4, 0.5) is 0 Å². The van der Waals surface area contributed by atoms with Crippen LogP contribution in [0.15, 0.2) is 29.1 Å². The van der Waals surface area contributed by atoms with E-state index in [4.69, 9.17) is 5.11 Å². The van der Waals surface area contributed by atoms with Crippen molar-refractivity contribution in [3.63, 3.8) is 0 Å². The van der Waals surface area contributed by atoms with Gasteiger partial charge in [-0.05, 0) is 24.6 Å². The Labute approximate surface area is 85.2 Å². The van der Waals surface area contributed by atoms with E-state index in [1.165, 1.54) is 6.07 Å². The quantitative estimate of drug-likeness (QED) is 0.738. The van der Waals surface area contributed by atoms with E-state index < -0.39 is 11.5 Å². The smallest absolute Gasteiger partial charge is 0.341 e. The molecular weight excluding hydrogens is 194 g/mol. The summed E-state index contributed by atoms with van der Waals surface area (Å²) in [6, 6.07) is 6.83. The molecule has 0 radical (unpaired) electrons. The molecule has 15 heavy (non-hydrogen) atoms. The highest BCUT2D eigenvalue weighted by Gasteiger charge is 2.10. The molecule has 0 aliphatic heterocycles. The Hall–Kier alpha value is -2.10. The monoisotopic (exact) mass is 203 g/mol. The minimum absolute atomic E-state index is 0.225. The maximum Gasteiger partial charge on any atom is 0.341 e. The Morgan fingerprint density at radius 3 is 2.80 bits per heavy atom. The third-order valence-electron chi connectivity index (χ3n) is 2.34. The number of nitrogens with one attached hydrogen (secondary N) is 1. The normalized spacial score (nSPS) is 10.5. The maximum atomic E-state index is 11.3. The van der Waals surface area contributed by atoms with Gasteiger partial charge in [0.25, 0.3) is 5.56 Å². The lowest BCUT2D eigenvalue weighted by Gasteiger charge is -2.02. The van der Waals surface area contributed by atoms with Crippen molar-refractivity contribution in [1.29, 1.82) is 0 Å². The fourth-order valence-corrected chi connectivity index (χ4v) is 1.54. The maximum absolute atomic E-state index is 11.3. The molecule has 0 spiro atoms. The zero-order chi connectivity index (χ0) is 11.0. The van der Waals surface area contributed by atoms with E-state index >= 15 is 0 Å². The van der Waals surface area contributed by atoms with Crippen LogP contribution in [-0.2, 0) is 0 Å². The molecule has 1 heterocycles. The molecule has 2 aromatic rings. The van der Waals surface area contributed by atoms with Crippen molar-refractivity contribution in [3.8, 4) is 0 Å². The zero-order valence-corrected chi connectivity index (χ0v) is 8.07. The molecule has 0 aliphatic carbocycles. The summed E-state index contributed by atoms with van der Waals surface area (Å²) in [6.45, 7) is 1.87. The van der Waals surface area contributed by atoms with Crippen LogP contribution in [0, 0.1) is 6.92 Å². The molecule has 4 heteroatoms. The van der Waals surface area contributed by atoms with E-state index in [-0.39, 0.29) is 5.56 Å². The number of aryl methyl sites for hydroxylation is 1. The predicted octanol–water partition coefficient (Wildman–Crippen LogP) is 1.53. The molecule has 0 atom stereocenters. The van der Waals surface area contributed by atoms with Crippen molar-refractivity contribution in [1.82, 2.24) is 4.98 Å². The first kappa shape index (κ1) is 9.45. The van der Waals surface area contributed by atoms with Gasteiger partial charge in [0.15, 0.2) is 0 Å². The van der Waals surface area contributed by atoms with E-state index in [9.17, 15) is 9.59 Å². The van der Waals surface area contributed by atoms with E-state index in [0.29, 0.717) is 5.52 Å². The second-order valence-corrected chi connectivity index (χ2v) is 3.35. The molecule has 0 unspecified atom stereocenters. The van der Waals surface area contributed by atoms with Crippen molar-refractivity contribution < 1.29 is 9.90 Å². The number of pyridine rings is 1. The highest BCUT2D eigenvalue weighted by molar-refractivity contribution is 5.93. The number of aromatic carboxylic acids is 1. The Kier molecular flexibility index (Phi) is 2.04. The number of rotatable bonds is 1. The Morgan fingerprint density at radius 2 is 2.13 bits per heavy atom. The average Bonchev–Trinajstić information content (AvgIpc) is 2.16. The van der Waals surface area contributed by atoms with Gasteiger partial charge in [0.2, 0.25) is 0 Å². The summed E-state index contributed by atoms with van der Waals surface area (Å²) < 4.78 is 0. The van der Waals surface area contributed by atoms with E-state index in [1.807, 2.05) is 19.1 Å². The molecule has 0 bridgehead atoms. The highest BCUT2D eigenvalue weighted by Crippen LogP contribution is 2.15. The molecule has 2 N–H and O–H groups in total. The van der Waals surface area contributed by atoms with Gasteiger partial charge in [0, 0.05) is 10.9 Å². The fourth-order valence-electron chi connectivity index (χ4n) is 1.54. The number of fused-ring (bicyclic) bond motifs is 1. The van der Waals surface area contributed by atoms with Crippen LogP contribution in [0.25, 0.3) is 10.9 Å². The average molecular weight is 203 g/mol. The molecule has 2 rings (SSSR count). The number of hydrogen-bond acceptors (Lipinski definition) is 2. The number of aromatic nitrogens is 1. The standard InChI is InChI=1S/C11H9NO3/c1-6-3-2-4-9-7(6)5-8(11(14)15)10(13)12-9/h2-5H,1H3,(H,12,13)(H,14,15). The summed E-state index contributed by atoms with van der Waals surface area (Å²) in [4.78, 5) is 24.7. The third-order valence-corrected chi connectivity index (χ3v) is 2.34. The van der Waals surface area contributed by atoms with Gasteiger partial charge in [0.1, 0.15) is 5.56 Å². The first-order valence-electron chi connectivity index (χ1n) is 4.45. The van der Waals surface area contributed by atoms with Crippen LogP contribution in [0.5, 0.6) is 0 Å². The van der Waals surface area contributed by atoms with Crippen molar-refractivity contribution in [3.05, 3.63) is 45.7 Å². The lowest BCUT2D eigenvalue weighted by Crippen LogP contribution is -2.17. The van der Waals surface area contributed by atoms with Crippen LogP contribution >= 0.6 is 0 Å². The summed E-state index contributed by atoms with van der Waals surface area (Å²) in [6.07, 6.45) is 0. The molecular formula is C11H9NO3. The molecule has 0 fully saturated rings. The summed E-state index contributed by atoms with van der Waals surface area (Å²) >= 11 is 0. The molecule has 0 aliphatic rings. The number of aromatic amines is 1. The van der Waals surface area contributed by atoms with Gasteiger partial charge in [0.05, 0.1) is 0 Å². The van der Waals surface area contributed by atoms with Crippen LogP contribution in [0.1, 0.15) is 15.9 Å².